The summed E-state index contributed by atoms with van der Waals surface area (Å²) in [5.74, 6) is 0.573. The van der Waals surface area contributed by atoms with Gasteiger partial charge in [-0.2, -0.15) is 0 Å². The Hall–Kier alpha value is -1.81. The Labute approximate surface area is 153 Å². The highest BCUT2D eigenvalue weighted by atomic mass is 35.5. The zero-order valence-electron chi connectivity index (χ0n) is 14.9. The molecule has 2 fully saturated rings. The van der Waals surface area contributed by atoms with E-state index in [9.17, 15) is 4.79 Å². The molecule has 1 aromatic heterocycles. The van der Waals surface area contributed by atoms with Crippen LogP contribution in [0.3, 0.4) is 0 Å². The van der Waals surface area contributed by atoms with Crippen LogP contribution in [-0.2, 0) is 0 Å². The quantitative estimate of drug-likeness (QED) is 0.755. The molecule has 4 rings (SSSR count). The number of benzene rings is 1. The Kier molecular flexibility index (Phi) is 3.73. The van der Waals surface area contributed by atoms with E-state index in [-0.39, 0.29) is 16.7 Å². The minimum absolute atomic E-state index is 0.0182. The zero-order chi connectivity index (χ0) is 17.8. The molecule has 5 heteroatoms. The maximum Gasteiger partial charge on any atom is 0.276 e. The van der Waals surface area contributed by atoms with Gasteiger partial charge in [-0.05, 0) is 54.4 Å². The molecule has 2 bridgehead atoms. The molecule has 1 aromatic carbocycles. The van der Waals surface area contributed by atoms with Crippen molar-refractivity contribution in [1.82, 2.24) is 10.1 Å². The van der Waals surface area contributed by atoms with Crippen LogP contribution in [0.1, 0.15) is 50.5 Å². The van der Waals surface area contributed by atoms with E-state index < -0.39 is 0 Å². The molecule has 1 aliphatic heterocycles. The SMILES string of the molecule is CC1(C)CC2CC(C)(CN2C(=O)c2cc(-c3ccc(Cl)cc3)on2)C1. The van der Waals surface area contributed by atoms with Crippen molar-refractivity contribution >= 4 is 17.5 Å². The first-order valence-electron chi connectivity index (χ1n) is 8.78. The predicted molar refractivity (Wildman–Crippen MR) is 97.5 cm³/mol. The molecule has 2 unspecified atom stereocenters. The number of fused-ring (bicyclic) bond motifs is 2. The van der Waals surface area contributed by atoms with Gasteiger partial charge < -0.3 is 9.42 Å². The summed E-state index contributed by atoms with van der Waals surface area (Å²) >= 11 is 5.92. The second-order valence-corrected chi connectivity index (χ2v) is 9.17. The van der Waals surface area contributed by atoms with Crippen LogP contribution in [0.5, 0.6) is 0 Å². The molecular weight excluding hydrogens is 336 g/mol. The van der Waals surface area contributed by atoms with Gasteiger partial charge in [0, 0.05) is 29.2 Å². The summed E-state index contributed by atoms with van der Waals surface area (Å²) in [6, 6.07) is 9.37. The number of carbonyl (C=O) groups excluding carboxylic acids is 1. The highest BCUT2D eigenvalue weighted by Crippen LogP contribution is 2.52. The number of likely N-dealkylation sites (tertiary alicyclic amines) is 1. The lowest BCUT2D eigenvalue weighted by Gasteiger charge is -2.39. The second-order valence-electron chi connectivity index (χ2n) is 8.73. The minimum atomic E-state index is -0.0182. The van der Waals surface area contributed by atoms with Crippen LogP contribution in [0, 0.1) is 10.8 Å². The molecule has 25 heavy (non-hydrogen) atoms. The highest BCUT2D eigenvalue weighted by Gasteiger charge is 2.51. The van der Waals surface area contributed by atoms with Crippen molar-refractivity contribution in [1.29, 1.82) is 0 Å². The summed E-state index contributed by atoms with van der Waals surface area (Å²) in [6.07, 6.45) is 3.30. The fourth-order valence-electron chi connectivity index (χ4n) is 4.97. The lowest BCUT2D eigenvalue weighted by atomic mass is 9.65. The van der Waals surface area contributed by atoms with E-state index >= 15 is 0 Å². The standard InChI is InChI=1S/C20H23ClN2O2/c1-19(2)9-15-10-20(3,11-19)12-23(15)18(24)16-8-17(25-22-16)13-4-6-14(21)7-5-13/h4-8,15H,9-12H2,1-3H3. The van der Waals surface area contributed by atoms with Gasteiger partial charge in [-0.15, -0.1) is 0 Å². The van der Waals surface area contributed by atoms with E-state index in [1.165, 1.54) is 0 Å². The van der Waals surface area contributed by atoms with E-state index in [0.29, 0.717) is 22.5 Å². The fraction of sp³-hybridized carbons (Fsp3) is 0.500. The smallest absolute Gasteiger partial charge is 0.276 e. The van der Waals surface area contributed by atoms with Crippen LogP contribution in [0.25, 0.3) is 11.3 Å². The van der Waals surface area contributed by atoms with Gasteiger partial charge in [-0.3, -0.25) is 4.79 Å². The molecule has 1 amide bonds. The second kappa shape index (κ2) is 5.60. The third-order valence-electron chi connectivity index (χ3n) is 5.53. The first-order valence-corrected chi connectivity index (χ1v) is 9.16. The van der Waals surface area contributed by atoms with Gasteiger partial charge in [-0.1, -0.05) is 37.5 Å². The molecule has 2 aromatic rings. The molecule has 1 aliphatic carbocycles. The zero-order valence-corrected chi connectivity index (χ0v) is 15.6. The first-order chi connectivity index (χ1) is 11.7. The van der Waals surface area contributed by atoms with Gasteiger partial charge in [0.25, 0.3) is 5.91 Å². The Balaban J connectivity index is 1.57. The molecular formula is C20H23ClN2O2. The summed E-state index contributed by atoms with van der Waals surface area (Å²) in [7, 11) is 0. The molecule has 2 atom stereocenters. The van der Waals surface area contributed by atoms with Gasteiger partial charge in [-0.25, -0.2) is 0 Å². The van der Waals surface area contributed by atoms with Gasteiger partial charge in [0.2, 0.25) is 0 Å². The number of rotatable bonds is 2. The third-order valence-corrected chi connectivity index (χ3v) is 5.79. The third kappa shape index (κ3) is 3.08. The molecule has 132 valence electrons. The number of halogens is 1. The van der Waals surface area contributed by atoms with Gasteiger partial charge in [0.15, 0.2) is 11.5 Å². The highest BCUT2D eigenvalue weighted by molar-refractivity contribution is 6.30. The number of amides is 1. The summed E-state index contributed by atoms with van der Waals surface area (Å²) in [4.78, 5) is 15.0. The van der Waals surface area contributed by atoms with Crippen molar-refractivity contribution < 1.29 is 9.32 Å². The van der Waals surface area contributed by atoms with Crippen LogP contribution in [0.4, 0.5) is 0 Å². The van der Waals surface area contributed by atoms with E-state index in [4.69, 9.17) is 16.1 Å². The molecule has 0 spiro atoms. The monoisotopic (exact) mass is 358 g/mol. The minimum Gasteiger partial charge on any atom is -0.355 e. The van der Waals surface area contributed by atoms with Crippen LogP contribution in [0.15, 0.2) is 34.9 Å². The molecule has 4 nitrogen and oxygen atoms in total. The Morgan fingerprint density at radius 3 is 2.68 bits per heavy atom. The Bertz CT molecular complexity index is 811. The first kappa shape index (κ1) is 16.6. The lowest BCUT2D eigenvalue weighted by molar-refractivity contribution is 0.0698. The van der Waals surface area contributed by atoms with Crippen molar-refractivity contribution in [2.45, 2.75) is 46.1 Å². The molecule has 2 aliphatic rings. The Morgan fingerprint density at radius 2 is 1.96 bits per heavy atom. The molecule has 0 N–H and O–H groups in total. The molecule has 1 saturated carbocycles. The average molecular weight is 359 g/mol. The van der Waals surface area contributed by atoms with E-state index in [0.717, 1.165) is 31.4 Å². The van der Waals surface area contributed by atoms with E-state index in [1.54, 1.807) is 18.2 Å². The van der Waals surface area contributed by atoms with Crippen LogP contribution in [-0.4, -0.2) is 28.6 Å². The molecule has 1 saturated heterocycles. The summed E-state index contributed by atoms with van der Waals surface area (Å²) in [5.41, 5.74) is 1.75. The van der Waals surface area contributed by atoms with Crippen LogP contribution >= 0.6 is 11.6 Å². The van der Waals surface area contributed by atoms with Gasteiger partial charge >= 0.3 is 0 Å². The fourth-order valence-corrected chi connectivity index (χ4v) is 5.10. The van der Waals surface area contributed by atoms with Gasteiger partial charge in [0.05, 0.1) is 0 Å². The van der Waals surface area contributed by atoms with Crippen molar-refractivity contribution in [3.05, 3.63) is 41.0 Å². The van der Waals surface area contributed by atoms with Crippen molar-refractivity contribution in [2.75, 3.05) is 6.54 Å². The maximum atomic E-state index is 13.0. The van der Waals surface area contributed by atoms with Crippen LogP contribution < -0.4 is 0 Å². The van der Waals surface area contributed by atoms with Crippen LogP contribution in [0.2, 0.25) is 5.02 Å². The molecule has 0 radical (unpaired) electrons. The van der Waals surface area contributed by atoms with E-state index in [2.05, 4.69) is 25.9 Å². The maximum absolute atomic E-state index is 13.0. The van der Waals surface area contributed by atoms with E-state index in [1.807, 2.05) is 17.0 Å². The average Bonchev–Trinajstić information content (AvgIpc) is 3.09. The van der Waals surface area contributed by atoms with Gasteiger partial charge in [0.1, 0.15) is 0 Å². The number of hydrogen-bond donors (Lipinski definition) is 0. The number of carbonyl (C=O) groups is 1. The molecule has 2 heterocycles. The summed E-state index contributed by atoms with van der Waals surface area (Å²) in [5, 5.41) is 4.70. The normalized spacial score (nSPS) is 27.5. The van der Waals surface area contributed by atoms with Crippen molar-refractivity contribution in [3.63, 3.8) is 0 Å². The summed E-state index contributed by atoms with van der Waals surface area (Å²) in [6.45, 7) is 7.72. The lowest BCUT2D eigenvalue weighted by Crippen LogP contribution is -2.37. The summed E-state index contributed by atoms with van der Waals surface area (Å²) < 4.78 is 5.41. The number of hydrogen-bond acceptors (Lipinski definition) is 3. The van der Waals surface area contributed by atoms with Crippen molar-refractivity contribution in [3.8, 4) is 11.3 Å². The van der Waals surface area contributed by atoms with Crippen molar-refractivity contribution in [2.24, 2.45) is 10.8 Å². The number of aromatic nitrogens is 1. The topological polar surface area (TPSA) is 46.3 Å². The predicted octanol–water partition coefficient (Wildman–Crippen LogP) is 5.04. The number of nitrogens with zero attached hydrogens (tertiary/aromatic N) is 2. The Morgan fingerprint density at radius 1 is 1.24 bits per heavy atom. The largest absolute Gasteiger partial charge is 0.355 e.